The van der Waals surface area contributed by atoms with Crippen LogP contribution in [0.2, 0.25) is 0 Å². The molecule has 0 saturated heterocycles. The van der Waals surface area contributed by atoms with E-state index >= 15 is 0 Å². The number of ether oxygens (including phenoxy) is 1. The molecular formula is C15H16N2O2. The summed E-state index contributed by atoms with van der Waals surface area (Å²) in [6.45, 7) is 3.65. The standard InChI is InChI=1S/C15H16N2O2/c1-10(2)16-17-15(18)13-5-4-12-9-14(19-3)7-6-11(12)8-13/h4-9H,1-3H3,(H,17,18). The first-order valence-corrected chi connectivity index (χ1v) is 5.99. The van der Waals surface area contributed by atoms with Crippen LogP contribution in [-0.2, 0) is 0 Å². The zero-order valence-corrected chi connectivity index (χ0v) is 11.2. The van der Waals surface area contributed by atoms with Crippen molar-refractivity contribution in [1.82, 2.24) is 5.43 Å². The van der Waals surface area contributed by atoms with Crippen LogP contribution in [0.1, 0.15) is 24.2 Å². The molecular weight excluding hydrogens is 240 g/mol. The number of carbonyl (C=O) groups is 1. The Morgan fingerprint density at radius 1 is 1.11 bits per heavy atom. The van der Waals surface area contributed by atoms with E-state index in [2.05, 4.69) is 10.5 Å². The Morgan fingerprint density at radius 3 is 2.47 bits per heavy atom. The number of fused-ring (bicyclic) bond motifs is 1. The third kappa shape index (κ3) is 3.10. The first kappa shape index (κ1) is 13.1. The van der Waals surface area contributed by atoms with Gasteiger partial charge in [0.1, 0.15) is 5.75 Å². The molecule has 0 heterocycles. The first-order chi connectivity index (χ1) is 9.10. The molecule has 0 spiro atoms. The number of nitrogens with one attached hydrogen (secondary N) is 1. The van der Waals surface area contributed by atoms with Crippen molar-refractivity contribution in [1.29, 1.82) is 0 Å². The van der Waals surface area contributed by atoms with Gasteiger partial charge in [0.25, 0.3) is 5.91 Å². The average molecular weight is 256 g/mol. The number of methoxy groups -OCH3 is 1. The van der Waals surface area contributed by atoms with E-state index in [4.69, 9.17) is 4.74 Å². The van der Waals surface area contributed by atoms with Crippen LogP contribution in [-0.4, -0.2) is 18.7 Å². The normalized spacial score (nSPS) is 10.1. The van der Waals surface area contributed by atoms with Crippen LogP contribution in [0, 0.1) is 0 Å². The molecule has 2 rings (SSSR count). The molecule has 0 aliphatic heterocycles. The van der Waals surface area contributed by atoms with Gasteiger partial charge in [0.05, 0.1) is 7.11 Å². The van der Waals surface area contributed by atoms with Crippen molar-refractivity contribution in [2.75, 3.05) is 7.11 Å². The van der Waals surface area contributed by atoms with Crippen LogP contribution in [0.25, 0.3) is 10.8 Å². The lowest BCUT2D eigenvalue weighted by Gasteiger charge is -2.05. The van der Waals surface area contributed by atoms with Gasteiger partial charge in [-0.15, -0.1) is 0 Å². The fourth-order valence-corrected chi connectivity index (χ4v) is 1.72. The molecule has 0 aliphatic rings. The Balaban J connectivity index is 2.31. The largest absolute Gasteiger partial charge is 0.497 e. The summed E-state index contributed by atoms with van der Waals surface area (Å²) < 4.78 is 5.17. The highest BCUT2D eigenvalue weighted by atomic mass is 16.5. The summed E-state index contributed by atoms with van der Waals surface area (Å²) in [5.74, 6) is 0.592. The molecule has 4 heteroatoms. The second-order valence-electron chi connectivity index (χ2n) is 4.43. The monoisotopic (exact) mass is 256 g/mol. The number of hydrazone groups is 1. The lowest BCUT2D eigenvalue weighted by molar-refractivity contribution is 0.0955. The van der Waals surface area contributed by atoms with Crippen molar-refractivity contribution in [2.45, 2.75) is 13.8 Å². The Bertz CT molecular complexity index is 644. The minimum atomic E-state index is -0.209. The molecule has 19 heavy (non-hydrogen) atoms. The minimum absolute atomic E-state index is 0.209. The molecule has 0 aromatic heterocycles. The SMILES string of the molecule is COc1ccc2cc(C(=O)NN=C(C)C)ccc2c1. The van der Waals surface area contributed by atoms with Gasteiger partial charge in [0.2, 0.25) is 0 Å². The van der Waals surface area contributed by atoms with Crippen LogP contribution in [0.4, 0.5) is 0 Å². The zero-order valence-electron chi connectivity index (χ0n) is 11.2. The van der Waals surface area contributed by atoms with Crippen molar-refractivity contribution < 1.29 is 9.53 Å². The molecule has 4 nitrogen and oxygen atoms in total. The maximum atomic E-state index is 11.9. The van der Waals surface area contributed by atoms with Crippen molar-refractivity contribution in [3.05, 3.63) is 42.0 Å². The second kappa shape index (κ2) is 5.52. The Morgan fingerprint density at radius 2 is 1.79 bits per heavy atom. The van der Waals surface area contributed by atoms with Gasteiger partial charge in [-0.3, -0.25) is 4.79 Å². The van der Waals surface area contributed by atoms with Gasteiger partial charge in [-0.1, -0.05) is 12.1 Å². The number of hydrogen-bond acceptors (Lipinski definition) is 3. The lowest BCUT2D eigenvalue weighted by Crippen LogP contribution is -2.18. The summed E-state index contributed by atoms with van der Waals surface area (Å²) in [5, 5.41) is 5.93. The van der Waals surface area contributed by atoms with Crippen LogP contribution >= 0.6 is 0 Å². The van der Waals surface area contributed by atoms with Crippen LogP contribution in [0.5, 0.6) is 5.75 Å². The minimum Gasteiger partial charge on any atom is -0.497 e. The molecule has 0 radical (unpaired) electrons. The highest BCUT2D eigenvalue weighted by Gasteiger charge is 2.05. The van der Waals surface area contributed by atoms with Gasteiger partial charge in [-0.25, -0.2) is 5.43 Å². The van der Waals surface area contributed by atoms with Crippen molar-refractivity contribution in [3.63, 3.8) is 0 Å². The number of nitrogens with zero attached hydrogens (tertiary/aromatic N) is 1. The van der Waals surface area contributed by atoms with Crippen LogP contribution in [0.3, 0.4) is 0 Å². The van der Waals surface area contributed by atoms with E-state index in [1.54, 1.807) is 13.2 Å². The van der Waals surface area contributed by atoms with Crippen LogP contribution in [0.15, 0.2) is 41.5 Å². The third-order valence-corrected chi connectivity index (χ3v) is 2.69. The highest BCUT2D eigenvalue weighted by molar-refractivity contribution is 5.99. The molecule has 2 aromatic rings. The topological polar surface area (TPSA) is 50.7 Å². The number of benzene rings is 2. The quantitative estimate of drug-likeness (QED) is 0.678. The summed E-state index contributed by atoms with van der Waals surface area (Å²) in [7, 11) is 1.63. The predicted molar refractivity (Wildman–Crippen MR) is 76.7 cm³/mol. The molecule has 2 aromatic carbocycles. The molecule has 0 fully saturated rings. The molecule has 0 unspecified atom stereocenters. The Labute approximate surface area is 112 Å². The van der Waals surface area contributed by atoms with Crippen LogP contribution < -0.4 is 10.2 Å². The average Bonchev–Trinajstić information content (AvgIpc) is 2.43. The fraction of sp³-hybridized carbons (Fsp3) is 0.200. The van der Waals surface area contributed by atoms with Gasteiger partial charge in [-0.2, -0.15) is 5.10 Å². The zero-order chi connectivity index (χ0) is 13.8. The molecule has 1 N–H and O–H groups in total. The van der Waals surface area contributed by atoms with E-state index in [1.165, 1.54) is 0 Å². The lowest BCUT2D eigenvalue weighted by atomic mass is 10.1. The maximum Gasteiger partial charge on any atom is 0.271 e. The predicted octanol–water partition coefficient (Wildman–Crippen LogP) is 2.97. The number of amides is 1. The molecule has 0 atom stereocenters. The molecule has 0 bridgehead atoms. The fourth-order valence-electron chi connectivity index (χ4n) is 1.72. The molecule has 0 saturated carbocycles. The first-order valence-electron chi connectivity index (χ1n) is 5.99. The molecule has 0 aliphatic carbocycles. The van der Waals surface area contributed by atoms with Gasteiger partial charge in [0.15, 0.2) is 0 Å². The Kier molecular flexibility index (Phi) is 3.80. The summed E-state index contributed by atoms with van der Waals surface area (Å²) in [6.07, 6.45) is 0. The number of carbonyl (C=O) groups excluding carboxylic acids is 1. The van der Waals surface area contributed by atoms with E-state index in [-0.39, 0.29) is 5.91 Å². The van der Waals surface area contributed by atoms with Crippen molar-refractivity contribution in [3.8, 4) is 5.75 Å². The maximum absolute atomic E-state index is 11.9. The summed E-state index contributed by atoms with van der Waals surface area (Å²) >= 11 is 0. The van der Waals surface area contributed by atoms with E-state index in [0.717, 1.165) is 22.2 Å². The Hall–Kier alpha value is -2.36. The smallest absolute Gasteiger partial charge is 0.271 e. The summed E-state index contributed by atoms with van der Waals surface area (Å²) in [5.41, 5.74) is 3.90. The summed E-state index contributed by atoms with van der Waals surface area (Å²) in [4.78, 5) is 11.9. The van der Waals surface area contributed by atoms with Gasteiger partial charge >= 0.3 is 0 Å². The van der Waals surface area contributed by atoms with Gasteiger partial charge < -0.3 is 4.74 Å². The van der Waals surface area contributed by atoms with Gasteiger partial charge in [-0.05, 0) is 48.9 Å². The van der Waals surface area contributed by atoms with E-state index in [1.807, 2.05) is 44.2 Å². The highest BCUT2D eigenvalue weighted by Crippen LogP contribution is 2.21. The number of rotatable bonds is 3. The van der Waals surface area contributed by atoms with Crippen molar-refractivity contribution in [2.24, 2.45) is 5.10 Å². The second-order valence-corrected chi connectivity index (χ2v) is 4.43. The van der Waals surface area contributed by atoms with E-state index in [0.29, 0.717) is 5.56 Å². The van der Waals surface area contributed by atoms with Gasteiger partial charge in [0, 0.05) is 11.3 Å². The third-order valence-electron chi connectivity index (χ3n) is 2.69. The number of hydrogen-bond donors (Lipinski definition) is 1. The molecule has 98 valence electrons. The summed E-state index contributed by atoms with van der Waals surface area (Å²) in [6, 6.07) is 11.3. The van der Waals surface area contributed by atoms with E-state index < -0.39 is 0 Å². The van der Waals surface area contributed by atoms with E-state index in [9.17, 15) is 4.79 Å². The molecule has 1 amide bonds. The van der Waals surface area contributed by atoms with Crippen molar-refractivity contribution >= 4 is 22.4 Å².